The highest BCUT2D eigenvalue weighted by molar-refractivity contribution is 7.99. The van der Waals surface area contributed by atoms with Gasteiger partial charge in [0, 0.05) is 4.90 Å². The van der Waals surface area contributed by atoms with Gasteiger partial charge in [-0.3, -0.25) is 4.79 Å². The van der Waals surface area contributed by atoms with E-state index >= 15 is 0 Å². The van der Waals surface area contributed by atoms with Crippen molar-refractivity contribution >= 4 is 23.6 Å². The zero-order chi connectivity index (χ0) is 16.0. The molecule has 0 unspecified atom stereocenters. The van der Waals surface area contributed by atoms with E-state index in [9.17, 15) is 18.4 Å². The van der Waals surface area contributed by atoms with Crippen LogP contribution in [0.3, 0.4) is 0 Å². The van der Waals surface area contributed by atoms with Crippen LogP contribution in [0.1, 0.15) is 30.6 Å². The third-order valence-electron chi connectivity index (χ3n) is 2.66. The summed E-state index contributed by atoms with van der Waals surface area (Å²) in [6, 6.07) is 4.85. The number of aliphatic carboxylic acids is 1. The summed E-state index contributed by atoms with van der Waals surface area (Å²) in [6.07, 6.45) is 0.269. The number of hydrogen-bond acceptors (Lipinski definition) is 3. The molecule has 0 saturated heterocycles. The van der Waals surface area contributed by atoms with E-state index in [0.29, 0.717) is 0 Å². The van der Waals surface area contributed by atoms with E-state index < -0.39 is 23.7 Å². The van der Waals surface area contributed by atoms with Gasteiger partial charge in [-0.2, -0.15) is 8.78 Å². The zero-order valence-corrected chi connectivity index (χ0v) is 12.5. The summed E-state index contributed by atoms with van der Waals surface area (Å²) < 4.78 is 24.9. The molecular formula is C14H17F2NO3S. The lowest BCUT2D eigenvalue weighted by Crippen LogP contribution is -2.41. The molecule has 1 aromatic carbocycles. The molecule has 1 atom stereocenters. The summed E-state index contributed by atoms with van der Waals surface area (Å²) in [5, 5.41) is 11.5. The predicted octanol–water partition coefficient (Wildman–Crippen LogP) is 3.23. The first-order valence-electron chi connectivity index (χ1n) is 6.38. The monoisotopic (exact) mass is 317 g/mol. The predicted molar refractivity (Wildman–Crippen MR) is 76.6 cm³/mol. The standard InChI is InChI=1S/C14H17F2NO3S/c1-8(2)7-10(13(19)20)17-12(18)9-5-3-4-6-11(9)21-14(15)16/h3-6,8,10,14H,7H2,1-2H3,(H,17,18)(H,19,20)/t10-/m0/s1. The average molecular weight is 317 g/mol. The molecule has 7 heteroatoms. The van der Waals surface area contributed by atoms with E-state index in [4.69, 9.17) is 5.11 Å². The topological polar surface area (TPSA) is 66.4 Å². The van der Waals surface area contributed by atoms with Crippen molar-refractivity contribution < 1.29 is 23.5 Å². The Morgan fingerprint density at radius 2 is 1.90 bits per heavy atom. The molecule has 0 heterocycles. The van der Waals surface area contributed by atoms with Crippen LogP contribution >= 0.6 is 11.8 Å². The van der Waals surface area contributed by atoms with Crippen LogP contribution in [0.2, 0.25) is 0 Å². The van der Waals surface area contributed by atoms with Crippen molar-refractivity contribution in [1.82, 2.24) is 5.32 Å². The highest BCUT2D eigenvalue weighted by atomic mass is 32.2. The van der Waals surface area contributed by atoms with E-state index in [1.54, 1.807) is 12.1 Å². The minimum atomic E-state index is -2.65. The fourth-order valence-electron chi connectivity index (χ4n) is 1.78. The number of amides is 1. The Labute approximate surface area is 125 Å². The van der Waals surface area contributed by atoms with Gasteiger partial charge < -0.3 is 10.4 Å². The van der Waals surface area contributed by atoms with Crippen LogP contribution in [0.4, 0.5) is 8.78 Å². The van der Waals surface area contributed by atoms with Crippen molar-refractivity contribution in [3.63, 3.8) is 0 Å². The summed E-state index contributed by atoms with van der Waals surface area (Å²) >= 11 is 0.261. The van der Waals surface area contributed by atoms with Crippen molar-refractivity contribution in [2.75, 3.05) is 0 Å². The van der Waals surface area contributed by atoms with Crippen LogP contribution < -0.4 is 5.32 Å². The van der Waals surface area contributed by atoms with Crippen molar-refractivity contribution in [3.05, 3.63) is 29.8 Å². The SMILES string of the molecule is CC(C)C[C@H](NC(=O)c1ccccc1SC(F)F)C(=O)O. The molecule has 0 fully saturated rings. The molecule has 116 valence electrons. The highest BCUT2D eigenvalue weighted by Gasteiger charge is 2.23. The maximum Gasteiger partial charge on any atom is 0.326 e. The second-order valence-corrected chi connectivity index (χ2v) is 5.90. The van der Waals surface area contributed by atoms with Crippen LogP contribution in [0, 0.1) is 5.92 Å². The number of carbonyl (C=O) groups is 2. The van der Waals surface area contributed by atoms with Gasteiger partial charge in [0.15, 0.2) is 0 Å². The maximum atomic E-state index is 12.5. The van der Waals surface area contributed by atoms with E-state index in [0.717, 1.165) is 0 Å². The number of carboxylic acids is 1. The number of benzene rings is 1. The van der Waals surface area contributed by atoms with Crippen molar-refractivity contribution in [2.24, 2.45) is 5.92 Å². The van der Waals surface area contributed by atoms with Gasteiger partial charge in [-0.05, 0) is 24.5 Å². The normalized spacial score (nSPS) is 12.5. The van der Waals surface area contributed by atoms with Gasteiger partial charge in [0.2, 0.25) is 0 Å². The van der Waals surface area contributed by atoms with Crippen LogP contribution in [0.25, 0.3) is 0 Å². The number of alkyl halides is 2. The summed E-state index contributed by atoms with van der Waals surface area (Å²) in [6.45, 7) is 3.67. The Hall–Kier alpha value is -1.63. The Balaban J connectivity index is 2.90. The van der Waals surface area contributed by atoms with Crippen LogP contribution in [-0.4, -0.2) is 28.8 Å². The first-order chi connectivity index (χ1) is 9.81. The molecule has 21 heavy (non-hydrogen) atoms. The fraction of sp³-hybridized carbons (Fsp3) is 0.429. The molecule has 1 rings (SSSR count). The average Bonchev–Trinajstić information content (AvgIpc) is 2.37. The van der Waals surface area contributed by atoms with E-state index in [1.165, 1.54) is 12.1 Å². The van der Waals surface area contributed by atoms with Gasteiger partial charge in [0.05, 0.1) is 5.56 Å². The van der Waals surface area contributed by atoms with Crippen molar-refractivity contribution in [1.29, 1.82) is 0 Å². The quantitative estimate of drug-likeness (QED) is 0.758. The van der Waals surface area contributed by atoms with Crippen LogP contribution in [0.5, 0.6) is 0 Å². The second kappa shape index (κ2) is 7.97. The largest absolute Gasteiger partial charge is 0.480 e. The lowest BCUT2D eigenvalue weighted by molar-refractivity contribution is -0.139. The maximum absolute atomic E-state index is 12.5. The molecule has 0 aromatic heterocycles. The third kappa shape index (κ3) is 5.71. The first-order valence-corrected chi connectivity index (χ1v) is 7.26. The van der Waals surface area contributed by atoms with Gasteiger partial charge in [0.25, 0.3) is 11.7 Å². The molecule has 1 aromatic rings. The lowest BCUT2D eigenvalue weighted by Gasteiger charge is -2.17. The summed E-state index contributed by atoms with van der Waals surface area (Å²) in [5.74, 6) is -4.37. The zero-order valence-electron chi connectivity index (χ0n) is 11.7. The Bertz CT molecular complexity index is 509. The fourth-order valence-corrected chi connectivity index (χ4v) is 2.42. The molecule has 0 spiro atoms. The molecule has 1 amide bonds. The van der Waals surface area contributed by atoms with E-state index in [-0.39, 0.29) is 34.6 Å². The molecule has 4 nitrogen and oxygen atoms in total. The number of halogens is 2. The van der Waals surface area contributed by atoms with Gasteiger partial charge >= 0.3 is 5.97 Å². The van der Waals surface area contributed by atoms with Gasteiger partial charge in [0.1, 0.15) is 6.04 Å². The highest BCUT2D eigenvalue weighted by Crippen LogP contribution is 2.28. The van der Waals surface area contributed by atoms with Gasteiger partial charge in [-0.1, -0.05) is 37.7 Å². The number of hydrogen-bond donors (Lipinski definition) is 2. The number of carboxylic acid groups (broad SMARTS) is 1. The minimum Gasteiger partial charge on any atom is -0.480 e. The summed E-state index contributed by atoms with van der Waals surface area (Å²) in [7, 11) is 0. The van der Waals surface area contributed by atoms with Crippen molar-refractivity contribution in [2.45, 2.75) is 37.0 Å². The Morgan fingerprint density at radius 1 is 1.29 bits per heavy atom. The van der Waals surface area contributed by atoms with Crippen molar-refractivity contribution in [3.8, 4) is 0 Å². The number of carbonyl (C=O) groups excluding carboxylic acids is 1. The molecule has 0 aliphatic carbocycles. The van der Waals surface area contributed by atoms with Gasteiger partial charge in [-0.25, -0.2) is 4.79 Å². The smallest absolute Gasteiger partial charge is 0.326 e. The van der Waals surface area contributed by atoms with Gasteiger partial charge in [-0.15, -0.1) is 0 Å². The number of thioether (sulfide) groups is 1. The van der Waals surface area contributed by atoms with Crippen LogP contribution in [0.15, 0.2) is 29.2 Å². The molecule has 0 radical (unpaired) electrons. The van der Waals surface area contributed by atoms with E-state index in [2.05, 4.69) is 5.32 Å². The minimum absolute atomic E-state index is 0.0535. The van der Waals surface area contributed by atoms with E-state index in [1.807, 2.05) is 13.8 Å². The molecular weight excluding hydrogens is 300 g/mol. The number of rotatable bonds is 7. The van der Waals surface area contributed by atoms with Crippen LogP contribution in [-0.2, 0) is 4.79 Å². The third-order valence-corrected chi connectivity index (χ3v) is 3.45. The molecule has 0 saturated carbocycles. The Kier molecular flexibility index (Phi) is 6.61. The second-order valence-electron chi connectivity index (χ2n) is 4.87. The summed E-state index contributed by atoms with van der Waals surface area (Å²) in [4.78, 5) is 23.4. The lowest BCUT2D eigenvalue weighted by atomic mass is 10.0. The molecule has 0 aliphatic rings. The molecule has 0 bridgehead atoms. The molecule has 0 aliphatic heterocycles. The summed E-state index contributed by atoms with van der Waals surface area (Å²) in [5.41, 5.74) is 0.0535. The molecule has 2 N–H and O–H groups in total. The Morgan fingerprint density at radius 3 is 2.43 bits per heavy atom. The first kappa shape index (κ1) is 17.4. The number of nitrogens with one attached hydrogen (secondary N) is 1.